The van der Waals surface area contributed by atoms with Gasteiger partial charge in [0.2, 0.25) is 5.91 Å². The van der Waals surface area contributed by atoms with Gasteiger partial charge in [0.1, 0.15) is 5.75 Å². The smallest absolute Gasteiger partial charge is 0.258 e. The molecule has 26 heavy (non-hydrogen) atoms. The number of morpholine rings is 1. The number of carbonyl (C=O) groups is 2. The highest BCUT2D eigenvalue weighted by molar-refractivity contribution is 5.98. The van der Waals surface area contributed by atoms with E-state index in [9.17, 15) is 9.59 Å². The zero-order valence-corrected chi connectivity index (χ0v) is 14.8. The van der Waals surface area contributed by atoms with Crippen molar-refractivity contribution in [3.05, 3.63) is 29.8 Å². The first kappa shape index (κ1) is 16.1. The molecule has 1 aromatic rings. The Labute approximate surface area is 152 Å². The van der Waals surface area contributed by atoms with Crippen LogP contribution in [0.1, 0.15) is 36.0 Å². The number of nitrogens with one attached hydrogen (secondary N) is 1. The third kappa shape index (κ3) is 2.42. The van der Waals surface area contributed by atoms with E-state index in [1.54, 1.807) is 6.07 Å². The number of ether oxygens (including phenoxy) is 2. The second kappa shape index (κ2) is 5.98. The van der Waals surface area contributed by atoms with Crippen LogP contribution < -0.4 is 10.1 Å². The van der Waals surface area contributed by atoms with E-state index in [0.29, 0.717) is 37.6 Å². The molecular weight excluding hydrogens is 332 g/mol. The number of nitrogens with zero attached hydrogens (tertiary/aromatic N) is 1. The number of para-hydroxylation sites is 1. The second-order valence-corrected chi connectivity index (χ2v) is 7.96. The Bertz CT molecular complexity index is 745. The molecule has 2 amide bonds. The van der Waals surface area contributed by atoms with Crippen molar-refractivity contribution in [3.63, 3.8) is 0 Å². The molecule has 1 saturated heterocycles. The van der Waals surface area contributed by atoms with Gasteiger partial charge in [-0.25, -0.2) is 0 Å². The highest BCUT2D eigenvalue weighted by Gasteiger charge is 2.57. The molecule has 4 fully saturated rings. The number of carbonyl (C=O) groups excluding carboxylic acids is 2. The van der Waals surface area contributed by atoms with Gasteiger partial charge in [0.15, 0.2) is 5.72 Å². The first-order chi connectivity index (χ1) is 12.7. The molecule has 3 aliphatic carbocycles. The lowest BCUT2D eigenvalue weighted by Crippen LogP contribution is -2.67. The minimum atomic E-state index is -0.643. The fourth-order valence-corrected chi connectivity index (χ4v) is 5.28. The third-order valence-electron chi connectivity index (χ3n) is 6.61. The Balaban J connectivity index is 1.38. The van der Waals surface area contributed by atoms with Crippen molar-refractivity contribution in [1.82, 2.24) is 10.2 Å². The average Bonchev–Trinajstić information content (AvgIpc) is 2.68. The van der Waals surface area contributed by atoms with Gasteiger partial charge in [0.25, 0.3) is 5.91 Å². The molecule has 6 nitrogen and oxygen atoms in total. The van der Waals surface area contributed by atoms with Crippen molar-refractivity contribution < 1.29 is 19.1 Å². The maximum atomic E-state index is 13.0. The lowest BCUT2D eigenvalue weighted by molar-refractivity contribution is -0.158. The highest BCUT2D eigenvalue weighted by Crippen LogP contribution is 2.52. The lowest BCUT2D eigenvalue weighted by atomic mass is 9.59. The van der Waals surface area contributed by atoms with Gasteiger partial charge in [-0.05, 0) is 37.3 Å². The molecule has 0 aromatic heterocycles. The Morgan fingerprint density at radius 3 is 2.77 bits per heavy atom. The molecule has 138 valence electrons. The molecule has 2 heterocycles. The highest BCUT2D eigenvalue weighted by atomic mass is 16.5. The van der Waals surface area contributed by atoms with E-state index in [1.807, 2.05) is 23.1 Å². The molecule has 0 radical (unpaired) electrons. The van der Waals surface area contributed by atoms with Crippen LogP contribution in [0.15, 0.2) is 24.3 Å². The molecule has 6 rings (SSSR count). The molecule has 4 atom stereocenters. The van der Waals surface area contributed by atoms with Crippen LogP contribution in [0.3, 0.4) is 0 Å². The van der Waals surface area contributed by atoms with Gasteiger partial charge in [-0.3, -0.25) is 9.59 Å². The maximum Gasteiger partial charge on any atom is 0.258 e. The predicted molar refractivity (Wildman–Crippen MR) is 93.6 cm³/mol. The summed E-state index contributed by atoms with van der Waals surface area (Å²) in [6.07, 6.45) is 3.55. The SMILES string of the molecule is O=C1N[C@@]2(C[C@@H]3CC[C@@H]2C[C@@H]3C(=O)N2CCOCC2)Oc2ccccc21. The fourth-order valence-electron chi connectivity index (χ4n) is 5.28. The summed E-state index contributed by atoms with van der Waals surface area (Å²) in [7, 11) is 0. The molecule has 6 heteroatoms. The average molecular weight is 356 g/mol. The van der Waals surface area contributed by atoms with Crippen LogP contribution in [0, 0.1) is 17.8 Å². The zero-order chi connectivity index (χ0) is 17.7. The standard InChI is InChI=1S/C20H24N2O4/c23-18-15-3-1-2-4-17(15)26-20(21-18)12-13-5-6-14(20)11-16(13)19(24)22-7-9-25-10-8-22/h1-4,13-14,16H,5-12H2,(H,21,23)/t13-,14+,16-,20-/m0/s1. The van der Waals surface area contributed by atoms with E-state index in [-0.39, 0.29) is 29.6 Å². The van der Waals surface area contributed by atoms with Gasteiger partial charge in [-0.1, -0.05) is 12.1 Å². The van der Waals surface area contributed by atoms with E-state index < -0.39 is 5.72 Å². The number of fused-ring (bicyclic) bond motifs is 3. The van der Waals surface area contributed by atoms with Gasteiger partial charge < -0.3 is 19.7 Å². The summed E-state index contributed by atoms with van der Waals surface area (Å²) in [6.45, 7) is 2.65. The summed E-state index contributed by atoms with van der Waals surface area (Å²) in [5.41, 5.74) is -0.0450. The van der Waals surface area contributed by atoms with Crippen LogP contribution in [0.5, 0.6) is 5.75 Å². The minimum absolute atomic E-state index is 0.0511. The molecule has 0 unspecified atom stereocenters. The first-order valence-corrected chi connectivity index (χ1v) is 9.63. The van der Waals surface area contributed by atoms with E-state index in [0.717, 1.165) is 25.7 Å². The topological polar surface area (TPSA) is 67.9 Å². The van der Waals surface area contributed by atoms with Gasteiger partial charge in [0.05, 0.1) is 18.8 Å². The van der Waals surface area contributed by atoms with Crippen molar-refractivity contribution in [2.24, 2.45) is 17.8 Å². The van der Waals surface area contributed by atoms with Gasteiger partial charge >= 0.3 is 0 Å². The second-order valence-electron chi connectivity index (χ2n) is 7.96. The normalized spacial score (nSPS) is 35.6. The van der Waals surface area contributed by atoms with Gasteiger partial charge in [-0.15, -0.1) is 0 Å². The lowest BCUT2D eigenvalue weighted by Gasteiger charge is -2.55. The van der Waals surface area contributed by atoms with Crippen LogP contribution >= 0.6 is 0 Å². The summed E-state index contributed by atoms with van der Waals surface area (Å²) in [5.74, 6) is 1.37. The van der Waals surface area contributed by atoms with Crippen LogP contribution in [0.4, 0.5) is 0 Å². The van der Waals surface area contributed by atoms with Crippen molar-refractivity contribution in [3.8, 4) is 5.75 Å². The first-order valence-electron chi connectivity index (χ1n) is 9.63. The molecular formula is C20H24N2O4. The molecule has 3 saturated carbocycles. The van der Waals surface area contributed by atoms with E-state index >= 15 is 0 Å². The largest absolute Gasteiger partial charge is 0.467 e. The molecule has 1 aromatic carbocycles. The Morgan fingerprint density at radius 2 is 2.00 bits per heavy atom. The summed E-state index contributed by atoms with van der Waals surface area (Å²) in [6, 6.07) is 7.42. The number of hydrogen-bond donors (Lipinski definition) is 1. The number of rotatable bonds is 1. The number of benzene rings is 1. The van der Waals surface area contributed by atoms with Crippen molar-refractivity contribution in [2.45, 2.75) is 31.4 Å². The number of amides is 2. The van der Waals surface area contributed by atoms with Crippen LogP contribution in [0.25, 0.3) is 0 Å². The Kier molecular flexibility index (Phi) is 3.71. The fraction of sp³-hybridized carbons (Fsp3) is 0.600. The Morgan fingerprint density at radius 1 is 1.19 bits per heavy atom. The Hall–Kier alpha value is -2.08. The van der Waals surface area contributed by atoms with Gasteiger partial charge in [0, 0.05) is 31.3 Å². The summed E-state index contributed by atoms with van der Waals surface area (Å²) in [4.78, 5) is 27.6. The molecule has 2 aliphatic heterocycles. The maximum absolute atomic E-state index is 13.0. The van der Waals surface area contributed by atoms with Gasteiger partial charge in [-0.2, -0.15) is 0 Å². The quantitative estimate of drug-likeness (QED) is 0.833. The van der Waals surface area contributed by atoms with Crippen LogP contribution in [-0.4, -0.2) is 48.7 Å². The summed E-state index contributed by atoms with van der Waals surface area (Å²) in [5, 5.41) is 3.15. The monoisotopic (exact) mass is 356 g/mol. The third-order valence-corrected chi connectivity index (χ3v) is 6.61. The van der Waals surface area contributed by atoms with Crippen molar-refractivity contribution in [2.75, 3.05) is 26.3 Å². The zero-order valence-electron chi connectivity index (χ0n) is 14.8. The van der Waals surface area contributed by atoms with E-state index in [2.05, 4.69) is 5.32 Å². The minimum Gasteiger partial charge on any atom is -0.467 e. The molecule has 1 N–H and O–H groups in total. The van der Waals surface area contributed by atoms with Crippen LogP contribution in [-0.2, 0) is 9.53 Å². The number of hydrogen-bond acceptors (Lipinski definition) is 4. The molecule has 5 aliphatic rings. The van der Waals surface area contributed by atoms with Crippen molar-refractivity contribution in [1.29, 1.82) is 0 Å². The van der Waals surface area contributed by atoms with Crippen LogP contribution in [0.2, 0.25) is 0 Å². The van der Waals surface area contributed by atoms with E-state index in [1.165, 1.54) is 0 Å². The predicted octanol–water partition coefficient (Wildman–Crippen LogP) is 1.80. The summed E-state index contributed by atoms with van der Waals surface area (Å²) < 4.78 is 11.7. The summed E-state index contributed by atoms with van der Waals surface area (Å²) >= 11 is 0. The van der Waals surface area contributed by atoms with E-state index in [4.69, 9.17) is 9.47 Å². The molecule has 1 spiro atoms. The molecule has 2 bridgehead atoms. The van der Waals surface area contributed by atoms with Crippen molar-refractivity contribution >= 4 is 11.8 Å².